The van der Waals surface area contributed by atoms with Crippen LogP contribution in [0.2, 0.25) is 0 Å². The molecule has 0 aliphatic heterocycles. The minimum Gasteiger partial charge on any atom is -0.480 e. The third-order valence-corrected chi connectivity index (χ3v) is 3.27. The van der Waals surface area contributed by atoms with Crippen LogP contribution >= 0.6 is 0 Å². The highest BCUT2D eigenvalue weighted by molar-refractivity contribution is 5.73. The third-order valence-electron chi connectivity index (χ3n) is 3.27. The summed E-state index contributed by atoms with van der Waals surface area (Å²) in [4.78, 5) is 15.5. The van der Waals surface area contributed by atoms with E-state index in [1.165, 1.54) is 0 Å². The fraction of sp³-hybridized carbons (Fsp3) is 0.923. The van der Waals surface area contributed by atoms with Crippen molar-refractivity contribution in [3.8, 4) is 0 Å². The zero-order chi connectivity index (χ0) is 14.0. The molecule has 5 nitrogen and oxygen atoms in total. The van der Waals surface area contributed by atoms with E-state index in [-0.39, 0.29) is 6.61 Å². The van der Waals surface area contributed by atoms with Gasteiger partial charge < -0.3 is 14.7 Å². The van der Waals surface area contributed by atoms with E-state index in [4.69, 9.17) is 4.74 Å². The Morgan fingerprint density at radius 2 is 1.78 bits per heavy atom. The fourth-order valence-corrected chi connectivity index (χ4v) is 2.06. The number of ether oxygens (including phenoxy) is 1. The molecular weight excluding hydrogens is 232 g/mol. The number of carboxylic acid groups (broad SMARTS) is 1. The SMILES string of the molecule is CCN(CC)CCCN(CC)C(COC)C(=O)O. The summed E-state index contributed by atoms with van der Waals surface area (Å²) in [6.45, 7) is 11.2. The molecule has 5 heteroatoms. The number of hydrogen-bond acceptors (Lipinski definition) is 4. The minimum absolute atomic E-state index is 0.244. The van der Waals surface area contributed by atoms with E-state index in [9.17, 15) is 9.90 Å². The van der Waals surface area contributed by atoms with Crippen LogP contribution in [0.1, 0.15) is 27.2 Å². The normalized spacial score (nSPS) is 13.2. The summed E-state index contributed by atoms with van der Waals surface area (Å²) >= 11 is 0. The van der Waals surface area contributed by atoms with Gasteiger partial charge in [0.05, 0.1) is 6.61 Å². The van der Waals surface area contributed by atoms with Crippen molar-refractivity contribution in [3.05, 3.63) is 0 Å². The number of nitrogens with zero attached hydrogens (tertiary/aromatic N) is 2. The van der Waals surface area contributed by atoms with Gasteiger partial charge in [0.25, 0.3) is 0 Å². The van der Waals surface area contributed by atoms with Gasteiger partial charge in [0.15, 0.2) is 0 Å². The summed E-state index contributed by atoms with van der Waals surface area (Å²) in [7, 11) is 1.54. The lowest BCUT2D eigenvalue weighted by molar-refractivity contribution is -0.145. The van der Waals surface area contributed by atoms with Gasteiger partial charge in [0, 0.05) is 13.7 Å². The Bertz CT molecular complexity index is 220. The Kier molecular flexibility index (Phi) is 9.92. The van der Waals surface area contributed by atoms with Crippen molar-refractivity contribution in [2.75, 3.05) is 46.4 Å². The van der Waals surface area contributed by atoms with Gasteiger partial charge in [0.2, 0.25) is 0 Å². The Labute approximate surface area is 111 Å². The van der Waals surface area contributed by atoms with Gasteiger partial charge in [-0.05, 0) is 32.6 Å². The van der Waals surface area contributed by atoms with Crippen molar-refractivity contribution in [1.29, 1.82) is 0 Å². The van der Waals surface area contributed by atoms with Gasteiger partial charge in [-0.1, -0.05) is 20.8 Å². The molecule has 0 spiro atoms. The first kappa shape index (κ1) is 17.4. The van der Waals surface area contributed by atoms with E-state index in [0.29, 0.717) is 0 Å². The molecule has 0 fully saturated rings. The van der Waals surface area contributed by atoms with Crippen LogP contribution in [-0.2, 0) is 9.53 Å². The molecule has 0 aliphatic carbocycles. The summed E-state index contributed by atoms with van der Waals surface area (Å²) in [5.41, 5.74) is 0. The topological polar surface area (TPSA) is 53.0 Å². The summed E-state index contributed by atoms with van der Waals surface area (Å²) in [5.74, 6) is -0.804. The lowest BCUT2D eigenvalue weighted by Gasteiger charge is -2.28. The predicted molar refractivity (Wildman–Crippen MR) is 73.0 cm³/mol. The Hall–Kier alpha value is -0.650. The highest BCUT2D eigenvalue weighted by atomic mass is 16.5. The monoisotopic (exact) mass is 260 g/mol. The van der Waals surface area contributed by atoms with Crippen LogP contribution in [0.5, 0.6) is 0 Å². The van der Waals surface area contributed by atoms with Crippen molar-refractivity contribution >= 4 is 5.97 Å². The van der Waals surface area contributed by atoms with E-state index in [1.54, 1.807) is 7.11 Å². The molecule has 0 amide bonds. The van der Waals surface area contributed by atoms with Crippen LogP contribution in [-0.4, -0.2) is 73.4 Å². The van der Waals surface area contributed by atoms with Gasteiger partial charge in [-0.25, -0.2) is 0 Å². The van der Waals surface area contributed by atoms with Crippen LogP contribution in [0.3, 0.4) is 0 Å². The van der Waals surface area contributed by atoms with Crippen LogP contribution in [0.4, 0.5) is 0 Å². The average Bonchev–Trinajstić information content (AvgIpc) is 2.37. The zero-order valence-corrected chi connectivity index (χ0v) is 12.2. The molecule has 0 aromatic carbocycles. The van der Waals surface area contributed by atoms with E-state index < -0.39 is 12.0 Å². The largest absolute Gasteiger partial charge is 0.480 e. The minimum atomic E-state index is -0.804. The molecule has 1 unspecified atom stereocenters. The molecule has 0 heterocycles. The summed E-state index contributed by atoms with van der Waals surface area (Å²) in [5, 5.41) is 9.17. The summed E-state index contributed by atoms with van der Waals surface area (Å²) < 4.78 is 4.98. The van der Waals surface area contributed by atoms with Crippen LogP contribution in [0.15, 0.2) is 0 Å². The van der Waals surface area contributed by atoms with Gasteiger partial charge in [-0.3, -0.25) is 9.69 Å². The van der Waals surface area contributed by atoms with Crippen molar-refractivity contribution < 1.29 is 14.6 Å². The van der Waals surface area contributed by atoms with Gasteiger partial charge >= 0.3 is 5.97 Å². The standard InChI is InChI=1S/C13H28N2O3/c1-5-14(6-2)9-8-10-15(7-3)12(11-18-4)13(16)17/h12H,5-11H2,1-4H3,(H,16,17). The smallest absolute Gasteiger partial charge is 0.323 e. The number of carboxylic acids is 1. The van der Waals surface area contributed by atoms with E-state index in [0.717, 1.165) is 39.1 Å². The zero-order valence-electron chi connectivity index (χ0n) is 12.2. The van der Waals surface area contributed by atoms with Crippen LogP contribution in [0.25, 0.3) is 0 Å². The molecule has 0 bridgehead atoms. The van der Waals surface area contributed by atoms with Crippen molar-refractivity contribution in [1.82, 2.24) is 9.80 Å². The molecule has 1 atom stereocenters. The van der Waals surface area contributed by atoms with Crippen molar-refractivity contribution in [2.45, 2.75) is 33.2 Å². The van der Waals surface area contributed by atoms with E-state index in [2.05, 4.69) is 18.7 Å². The molecule has 0 saturated carbocycles. The first-order chi connectivity index (χ1) is 8.60. The maximum Gasteiger partial charge on any atom is 0.323 e. The molecule has 0 aromatic rings. The number of likely N-dealkylation sites (N-methyl/N-ethyl adjacent to an activating group) is 1. The Morgan fingerprint density at radius 1 is 1.17 bits per heavy atom. The van der Waals surface area contributed by atoms with E-state index >= 15 is 0 Å². The van der Waals surface area contributed by atoms with Crippen LogP contribution in [0, 0.1) is 0 Å². The highest BCUT2D eigenvalue weighted by Crippen LogP contribution is 2.03. The lowest BCUT2D eigenvalue weighted by atomic mass is 10.2. The second-order valence-corrected chi connectivity index (χ2v) is 4.32. The van der Waals surface area contributed by atoms with Crippen molar-refractivity contribution in [3.63, 3.8) is 0 Å². The van der Waals surface area contributed by atoms with Crippen LogP contribution < -0.4 is 0 Å². The second-order valence-electron chi connectivity index (χ2n) is 4.32. The molecule has 0 aromatic heterocycles. The molecule has 1 N–H and O–H groups in total. The summed E-state index contributed by atoms with van der Waals surface area (Å²) in [6.07, 6.45) is 0.989. The van der Waals surface area contributed by atoms with Crippen molar-refractivity contribution in [2.24, 2.45) is 0 Å². The molecule has 0 aliphatic rings. The second kappa shape index (κ2) is 10.3. The highest BCUT2D eigenvalue weighted by Gasteiger charge is 2.23. The number of hydrogen-bond donors (Lipinski definition) is 1. The fourth-order valence-electron chi connectivity index (χ4n) is 2.06. The molecule has 0 saturated heterocycles. The first-order valence-corrected chi connectivity index (χ1v) is 6.78. The molecule has 108 valence electrons. The lowest BCUT2D eigenvalue weighted by Crippen LogP contribution is -2.45. The quantitative estimate of drug-likeness (QED) is 0.604. The molecule has 18 heavy (non-hydrogen) atoms. The maximum atomic E-state index is 11.2. The van der Waals surface area contributed by atoms with Gasteiger partial charge in [-0.15, -0.1) is 0 Å². The maximum absolute atomic E-state index is 11.2. The summed E-state index contributed by atoms with van der Waals surface area (Å²) in [6, 6.07) is -0.531. The Morgan fingerprint density at radius 3 is 2.17 bits per heavy atom. The number of carbonyl (C=O) groups is 1. The molecule has 0 rings (SSSR count). The predicted octanol–water partition coefficient (Wildman–Crippen LogP) is 1.14. The van der Waals surface area contributed by atoms with Gasteiger partial charge in [-0.2, -0.15) is 0 Å². The number of methoxy groups -OCH3 is 1. The third kappa shape index (κ3) is 6.33. The first-order valence-electron chi connectivity index (χ1n) is 6.78. The average molecular weight is 260 g/mol. The Balaban J connectivity index is 4.18. The number of aliphatic carboxylic acids is 1. The number of rotatable bonds is 11. The van der Waals surface area contributed by atoms with E-state index in [1.807, 2.05) is 11.8 Å². The molecular formula is C13H28N2O3. The molecule has 0 radical (unpaired) electrons. The van der Waals surface area contributed by atoms with Gasteiger partial charge in [0.1, 0.15) is 6.04 Å².